The van der Waals surface area contributed by atoms with Gasteiger partial charge >= 0.3 is 6.18 Å². The zero-order chi connectivity index (χ0) is 38.4. The molecule has 2 saturated heterocycles. The molecule has 1 aromatic heterocycles. The Bertz CT molecular complexity index is 2000. The Labute approximate surface area is 311 Å². The number of imide groups is 1. The molecule has 2 aliphatic rings. The van der Waals surface area contributed by atoms with Crippen molar-refractivity contribution in [2.24, 2.45) is 0 Å². The van der Waals surface area contributed by atoms with E-state index < -0.39 is 23.7 Å². The first kappa shape index (κ1) is 37.9. The highest BCUT2D eigenvalue weighted by atomic mass is 19.4. The number of methoxy groups -OCH3 is 1. The standard InChI is InChI=1S/C39H43F3N8O4/c1-43-37(52)27-9-5-7-11-30(27)46-33-21-35(44-22-28(33)39(40,41)42)47-31-13-12-26(20-34(31)54-3)50-18-16-25(17-19-50)49(2)23-24-8-4-6-10-29(24)45-32-14-15-36(51)48-38(32)53/h4-13,20-22,25,32,45H,14-19,23H2,1-3H3,(H,43,52)(H2,44,46,47)(H,48,51,53). The Hall–Kier alpha value is -5.83. The molecular weight excluding hydrogens is 701 g/mol. The van der Waals surface area contributed by atoms with Gasteiger partial charge in [0.1, 0.15) is 17.6 Å². The van der Waals surface area contributed by atoms with E-state index in [0.717, 1.165) is 49.1 Å². The lowest BCUT2D eigenvalue weighted by atomic mass is 10.0. The highest BCUT2D eigenvalue weighted by Gasteiger charge is 2.35. The van der Waals surface area contributed by atoms with Gasteiger partial charge in [-0.25, -0.2) is 4.98 Å². The van der Waals surface area contributed by atoms with E-state index in [2.05, 4.69) is 48.4 Å². The predicted octanol–water partition coefficient (Wildman–Crippen LogP) is 6.27. The molecule has 3 amide bonds. The summed E-state index contributed by atoms with van der Waals surface area (Å²) in [7, 11) is 5.08. The summed E-state index contributed by atoms with van der Waals surface area (Å²) in [5.74, 6) is -0.352. The summed E-state index contributed by atoms with van der Waals surface area (Å²) in [6, 6.07) is 21.0. The van der Waals surface area contributed by atoms with Gasteiger partial charge in [0, 0.05) is 68.8 Å². The number of carbonyl (C=O) groups excluding carboxylic acids is 3. The van der Waals surface area contributed by atoms with Gasteiger partial charge in [0.2, 0.25) is 11.8 Å². The number of nitrogens with one attached hydrogen (secondary N) is 5. The third-order valence-corrected chi connectivity index (χ3v) is 9.78. The molecule has 54 heavy (non-hydrogen) atoms. The van der Waals surface area contributed by atoms with Gasteiger partial charge in [-0.15, -0.1) is 0 Å². The van der Waals surface area contributed by atoms with Crippen molar-refractivity contribution >= 4 is 52.0 Å². The van der Waals surface area contributed by atoms with E-state index in [0.29, 0.717) is 36.9 Å². The molecule has 3 heterocycles. The number of hydrogen-bond donors (Lipinski definition) is 5. The monoisotopic (exact) mass is 744 g/mol. The number of aromatic nitrogens is 1. The van der Waals surface area contributed by atoms with Crippen LogP contribution in [0.5, 0.6) is 5.75 Å². The first-order valence-electron chi connectivity index (χ1n) is 17.7. The minimum Gasteiger partial charge on any atom is -0.494 e. The van der Waals surface area contributed by atoms with Gasteiger partial charge < -0.3 is 30.9 Å². The molecule has 284 valence electrons. The molecule has 0 spiro atoms. The summed E-state index contributed by atoms with van der Waals surface area (Å²) in [6.45, 7) is 2.29. The first-order valence-corrected chi connectivity index (χ1v) is 17.7. The normalized spacial score (nSPS) is 16.5. The second kappa shape index (κ2) is 16.5. The van der Waals surface area contributed by atoms with Crippen LogP contribution in [0.4, 0.5) is 47.4 Å². The van der Waals surface area contributed by atoms with Gasteiger partial charge in [0.25, 0.3) is 5.91 Å². The highest BCUT2D eigenvalue weighted by molar-refractivity contribution is 6.01. The zero-order valence-corrected chi connectivity index (χ0v) is 30.2. The molecule has 2 aliphatic heterocycles. The quantitative estimate of drug-likeness (QED) is 0.106. The largest absolute Gasteiger partial charge is 0.494 e. The van der Waals surface area contributed by atoms with E-state index >= 15 is 0 Å². The summed E-state index contributed by atoms with van der Waals surface area (Å²) in [4.78, 5) is 45.0. The van der Waals surface area contributed by atoms with Gasteiger partial charge in [0.05, 0.1) is 35.3 Å². The molecule has 0 radical (unpaired) electrons. The molecule has 6 rings (SSSR count). The average Bonchev–Trinajstić information content (AvgIpc) is 3.16. The van der Waals surface area contributed by atoms with Gasteiger partial charge in [-0.2, -0.15) is 13.2 Å². The number of rotatable bonds is 12. The summed E-state index contributed by atoms with van der Waals surface area (Å²) < 4.78 is 47.8. The summed E-state index contributed by atoms with van der Waals surface area (Å²) >= 11 is 0. The Morgan fingerprint density at radius 2 is 1.67 bits per heavy atom. The smallest absolute Gasteiger partial charge is 0.419 e. The molecule has 2 fully saturated rings. The van der Waals surface area contributed by atoms with Crippen molar-refractivity contribution in [3.8, 4) is 5.75 Å². The molecule has 3 aromatic carbocycles. The second-order valence-corrected chi connectivity index (χ2v) is 13.3. The van der Waals surface area contributed by atoms with Gasteiger partial charge in [0.15, 0.2) is 0 Å². The van der Waals surface area contributed by atoms with Crippen molar-refractivity contribution in [1.29, 1.82) is 0 Å². The number of nitrogens with zero attached hydrogens (tertiary/aromatic N) is 3. The van der Waals surface area contributed by atoms with Crippen LogP contribution in [-0.4, -0.2) is 74.0 Å². The van der Waals surface area contributed by atoms with Gasteiger partial charge in [-0.05, 0) is 62.2 Å². The van der Waals surface area contributed by atoms with Crippen molar-refractivity contribution < 1.29 is 32.3 Å². The van der Waals surface area contributed by atoms with Crippen LogP contribution in [0, 0.1) is 0 Å². The molecule has 4 aromatic rings. The van der Waals surface area contributed by atoms with Crippen LogP contribution >= 0.6 is 0 Å². The maximum absolute atomic E-state index is 14.0. The number of hydrogen-bond acceptors (Lipinski definition) is 10. The minimum atomic E-state index is -4.70. The third-order valence-electron chi connectivity index (χ3n) is 9.78. The van der Waals surface area contributed by atoms with Crippen molar-refractivity contribution in [1.82, 2.24) is 20.5 Å². The molecule has 1 unspecified atom stereocenters. The van der Waals surface area contributed by atoms with E-state index in [1.165, 1.54) is 32.4 Å². The Morgan fingerprint density at radius 1 is 0.944 bits per heavy atom. The van der Waals surface area contributed by atoms with Crippen LogP contribution in [0.2, 0.25) is 0 Å². The lowest BCUT2D eigenvalue weighted by Gasteiger charge is -2.38. The SMILES string of the molecule is CNC(=O)c1ccccc1Nc1cc(Nc2ccc(N3CCC(N(C)Cc4ccccc4NC4CCC(=O)NC4=O)CC3)cc2OC)ncc1C(F)(F)F. The van der Waals surface area contributed by atoms with Crippen LogP contribution in [0.15, 0.2) is 79.0 Å². The van der Waals surface area contributed by atoms with Crippen molar-refractivity contribution in [2.75, 3.05) is 55.1 Å². The molecular formula is C39H43F3N8O4. The lowest BCUT2D eigenvalue weighted by Crippen LogP contribution is -2.47. The fourth-order valence-electron chi connectivity index (χ4n) is 6.82. The summed E-state index contributed by atoms with van der Waals surface area (Å²) in [6.07, 6.45) is -1.36. The Kier molecular flexibility index (Phi) is 11.6. The molecule has 15 heteroatoms. The van der Waals surface area contributed by atoms with Gasteiger partial charge in [-0.1, -0.05) is 30.3 Å². The Morgan fingerprint density at radius 3 is 2.37 bits per heavy atom. The maximum Gasteiger partial charge on any atom is 0.419 e. The topological polar surface area (TPSA) is 140 Å². The number of carbonyl (C=O) groups is 3. The van der Waals surface area contributed by atoms with Crippen LogP contribution < -0.4 is 36.2 Å². The zero-order valence-electron chi connectivity index (χ0n) is 30.2. The number of amides is 3. The number of ether oxygens (including phenoxy) is 1. The minimum absolute atomic E-state index is 0.145. The lowest BCUT2D eigenvalue weighted by molar-refractivity contribution is -0.137. The number of piperidine rings is 2. The fourth-order valence-corrected chi connectivity index (χ4v) is 6.82. The van der Waals surface area contributed by atoms with Crippen molar-refractivity contribution in [3.05, 3.63) is 95.7 Å². The third kappa shape index (κ3) is 8.85. The molecule has 12 nitrogen and oxygen atoms in total. The summed E-state index contributed by atoms with van der Waals surface area (Å²) in [5.41, 5.74) is 2.56. The Balaban J connectivity index is 1.11. The van der Waals surface area contributed by atoms with Crippen molar-refractivity contribution in [3.63, 3.8) is 0 Å². The fraction of sp³-hybridized carbons (Fsp3) is 0.333. The van der Waals surface area contributed by atoms with E-state index in [9.17, 15) is 27.6 Å². The highest BCUT2D eigenvalue weighted by Crippen LogP contribution is 2.39. The molecule has 0 aliphatic carbocycles. The van der Waals surface area contributed by atoms with Crippen LogP contribution in [0.3, 0.4) is 0 Å². The van der Waals surface area contributed by atoms with Gasteiger partial charge in [-0.3, -0.25) is 24.6 Å². The number of pyridine rings is 1. The van der Waals surface area contributed by atoms with E-state index in [-0.39, 0.29) is 34.6 Å². The predicted molar refractivity (Wildman–Crippen MR) is 202 cm³/mol. The van der Waals surface area contributed by atoms with Crippen LogP contribution in [0.1, 0.15) is 47.2 Å². The van der Waals surface area contributed by atoms with Crippen molar-refractivity contribution in [2.45, 2.75) is 50.5 Å². The van der Waals surface area contributed by atoms with E-state index in [1.807, 2.05) is 42.5 Å². The summed E-state index contributed by atoms with van der Waals surface area (Å²) in [5, 5.41) is 14.1. The molecule has 1 atom stereocenters. The van der Waals surface area contributed by atoms with Crippen LogP contribution in [0.25, 0.3) is 0 Å². The first-order chi connectivity index (χ1) is 25.9. The van der Waals surface area contributed by atoms with Crippen LogP contribution in [-0.2, 0) is 22.3 Å². The second-order valence-electron chi connectivity index (χ2n) is 13.3. The number of halogens is 3. The number of para-hydroxylation sites is 2. The molecule has 5 N–H and O–H groups in total. The maximum atomic E-state index is 14.0. The number of anilines is 6. The molecule has 0 saturated carbocycles. The number of benzene rings is 3. The number of alkyl halides is 3. The van der Waals surface area contributed by atoms with E-state index in [1.54, 1.807) is 12.1 Å². The molecule has 0 bridgehead atoms. The average molecular weight is 745 g/mol. The van der Waals surface area contributed by atoms with E-state index in [4.69, 9.17) is 4.74 Å².